The second-order valence-corrected chi connectivity index (χ2v) is 6.94. The van der Waals surface area contributed by atoms with E-state index in [1.165, 1.54) is 0 Å². The normalized spacial score (nSPS) is 10.6. The minimum Gasteiger partial charge on any atom is -0.505 e. The molecular weight excluding hydrogens is 410 g/mol. The molecule has 0 saturated heterocycles. The molecule has 1 aromatic heterocycles. The second-order valence-electron chi connectivity index (χ2n) is 6.02. The molecule has 0 bridgehead atoms. The lowest BCUT2D eigenvalue weighted by Crippen LogP contribution is -2.25. The molecule has 3 aromatic rings. The molecule has 0 atom stereocenters. The fraction of sp³-hybridized carbons (Fsp3) is 0.150. The SMILES string of the molecule is CCc1cccc(C)c1NC(=O)c1nn(-c2ccc(Br)cc2)c(=O)cc1O. The molecule has 0 fully saturated rings. The fourth-order valence-electron chi connectivity index (χ4n) is 2.75. The van der Waals surface area contributed by atoms with Crippen molar-refractivity contribution >= 4 is 27.5 Å². The maximum atomic E-state index is 12.7. The Balaban J connectivity index is 2.02. The van der Waals surface area contributed by atoms with E-state index in [2.05, 4.69) is 26.3 Å². The predicted octanol–water partition coefficient (Wildman–Crippen LogP) is 3.82. The van der Waals surface area contributed by atoms with Gasteiger partial charge in [0.15, 0.2) is 11.4 Å². The molecule has 1 amide bonds. The Bertz CT molecular complexity index is 1060. The number of benzene rings is 2. The van der Waals surface area contributed by atoms with E-state index >= 15 is 0 Å². The van der Waals surface area contributed by atoms with Gasteiger partial charge in [0.2, 0.25) is 0 Å². The van der Waals surface area contributed by atoms with Crippen LogP contribution in [0.3, 0.4) is 0 Å². The molecule has 0 aliphatic rings. The molecule has 27 heavy (non-hydrogen) atoms. The lowest BCUT2D eigenvalue weighted by molar-refractivity contribution is 0.101. The van der Waals surface area contributed by atoms with Gasteiger partial charge in [0.05, 0.1) is 5.69 Å². The van der Waals surface area contributed by atoms with Crippen LogP contribution in [0.2, 0.25) is 0 Å². The summed E-state index contributed by atoms with van der Waals surface area (Å²) < 4.78 is 1.93. The first-order valence-corrected chi connectivity index (χ1v) is 9.19. The maximum Gasteiger partial charge on any atom is 0.280 e. The highest BCUT2D eigenvalue weighted by molar-refractivity contribution is 9.10. The van der Waals surface area contributed by atoms with Crippen molar-refractivity contribution in [2.24, 2.45) is 0 Å². The van der Waals surface area contributed by atoms with E-state index in [1.54, 1.807) is 24.3 Å². The van der Waals surface area contributed by atoms with Crippen molar-refractivity contribution in [2.45, 2.75) is 20.3 Å². The molecule has 6 nitrogen and oxygen atoms in total. The van der Waals surface area contributed by atoms with Crippen molar-refractivity contribution in [3.05, 3.63) is 80.2 Å². The first-order valence-electron chi connectivity index (χ1n) is 8.40. The van der Waals surface area contributed by atoms with Crippen LogP contribution >= 0.6 is 15.9 Å². The van der Waals surface area contributed by atoms with Crippen LogP contribution in [0.25, 0.3) is 5.69 Å². The van der Waals surface area contributed by atoms with Gasteiger partial charge >= 0.3 is 0 Å². The third-order valence-electron chi connectivity index (χ3n) is 4.18. The van der Waals surface area contributed by atoms with E-state index in [0.717, 1.165) is 32.8 Å². The molecule has 2 aromatic carbocycles. The number of aromatic nitrogens is 2. The summed E-state index contributed by atoms with van der Waals surface area (Å²) in [6, 6.07) is 13.6. The van der Waals surface area contributed by atoms with Crippen LogP contribution in [0, 0.1) is 6.92 Å². The largest absolute Gasteiger partial charge is 0.505 e. The van der Waals surface area contributed by atoms with E-state index in [0.29, 0.717) is 11.4 Å². The van der Waals surface area contributed by atoms with Crippen LogP contribution in [-0.2, 0) is 6.42 Å². The van der Waals surface area contributed by atoms with Crippen LogP contribution in [0.4, 0.5) is 5.69 Å². The van der Waals surface area contributed by atoms with Crippen molar-refractivity contribution in [3.8, 4) is 11.4 Å². The van der Waals surface area contributed by atoms with Gasteiger partial charge in [-0.25, -0.2) is 0 Å². The van der Waals surface area contributed by atoms with Gasteiger partial charge in [0.25, 0.3) is 11.5 Å². The zero-order valence-corrected chi connectivity index (χ0v) is 16.4. The monoisotopic (exact) mass is 427 g/mol. The highest BCUT2D eigenvalue weighted by atomic mass is 79.9. The summed E-state index contributed by atoms with van der Waals surface area (Å²) in [5, 5.41) is 17.0. The van der Waals surface area contributed by atoms with E-state index in [4.69, 9.17) is 0 Å². The highest BCUT2D eigenvalue weighted by Gasteiger charge is 2.18. The topological polar surface area (TPSA) is 84.2 Å². The van der Waals surface area contributed by atoms with Crippen LogP contribution in [-0.4, -0.2) is 20.8 Å². The number of halogens is 1. The first kappa shape index (κ1) is 18.8. The summed E-state index contributed by atoms with van der Waals surface area (Å²) in [4.78, 5) is 25.0. The lowest BCUT2D eigenvalue weighted by atomic mass is 10.1. The second kappa shape index (κ2) is 7.75. The summed E-state index contributed by atoms with van der Waals surface area (Å²) in [5.74, 6) is -1.04. The van der Waals surface area contributed by atoms with E-state index in [1.807, 2.05) is 32.0 Å². The molecular formula is C20H18BrN3O3. The average molecular weight is 428 g/mol. The van der Waals surface area contributed by atoms with E-state index in [-0.39, 0.29) is 5.69 Å². The number of hydrogen-bond acceptors (Lipinski definition) is 4. The quantitative estimate of drug-likeness (QED) is 0.662. The summed E-state index contributed by atoms with van der Waals surface area (Å²) in [5.41, 5.74) is 2.31. The maximum absolute atomic E-state index is 12.7. The smallest absolute Gasteiger partial charge is 0.280 e. The van der Waals surface area contributed by atoms with Gasteiger partial charge in [0.1, 0.15) is 0 Å². The molecule has 1 heterocycles. The van der Waals surface area contributed by atoms with E-state index in [9.17, 15) is 14.7 Å². The molecule has 2 N–H and O–H groups in total. The number of para-hydroxylation sites is 1. The molecule has 0 unspecified atom stereocenters. The van der Waals surface area contributed by atoms with Gasteiger partial charge in [0, 0.05) is 16.2 Å². The Morgan fingerprint density at radius 2 is 1.93 bits per heavy atom. The van der Waals surface area contributed by atoms with E-state index < -0.39 is 17.2 Å². The molecule has 0 saturated carbocycles. The van der Waals surface area contributed by atoms with Gasteiger partial charge in [-0.05, 0) is 48.7 Å². The Hall–Kier alpha value is -2.93. The molecule has 3 rings (SSSR count). The minimum atomic E-state index is -0.581. The van der Waals surface area contributed by atoms with Crippen molar-refractivity contribution in [1.82, 2.24) is 9.78 Å². The number of nitrogens with zero attached hydrogens (tertiary/aromatic N) is 2. The van der Waals surface area contributed by atoms with Crippen molar-refractivity contribution in [2.75, 3.05) is 5.32 Å². The van der Waals surface area contributed by atoms with Gasteiger partial charge in [-0.2, -0.15) is 9.78 Å². The standard InChI is InChI=1S/C20H18BrN3O3/c1-3-13-6-4-5-12(2)18(13)22-20(27)19-16(25)11-17(26)24(23-19)15-9-7-14(21)8-10-15/h4-11,25H,3H2,1-2H3,(H,22,27). The van der Waals surface area contributed by atoms with Gasteiger partial charge in [-0.15, -0.1) is 0 Å². The van der Waals surface area contributed by atoms with Crippen molar-refractivity contribution < 1.29 is 9.90 Å². The Morgan fingerprint density at radius 3 is 2.59 bits per heavy atom. The molecule has 0 spiro atoms. The summed E-state index contributed by atoms with van der Waals surface area (Å²) in [7, 11) is 0. The third kappa shape index (κ3) is 3.93. The molecule has 0 radical (unpaired) electrons. The Labute approximate surface area is 164 Å². The predicted molar refractivity (Wildman–Crippen MR) is 108 cm³/mol. The van der Waals surface area contributed by atoms with Crippen LogP contribution in [0.15, 0.2) is 57.8 Å². The summed E-state index contributed by atoms with van der Waals surface area (Å²) in [6.07, 6.45) is 0.745. The Kier molecular flexibility index (Phi) is 5.41. The van der Waals surface area contributed by atoms with Crippen molar-refractivity contribution in [1.29, 1.82) is 0 Å². The van der Waals surface area contributed by atoms with Crippen LogP contribution in [0.1, 0.15) is 28.5 Å². The number of carbonyl (C=O) groups excluding carboxylic acids is 1. The zero-order chi connectivity index (χ0) is 19.6. The summed E-state index contributed by atoms with van der Waals surface area (Å²) >= 11 is 3.33. The highest BCUT2D eigenvalue weighted by Crippen LogP contribution is 2.23. The summed E-state index contributed by atoms with van der Waals surface area (Å²) in [6.45, 7) is 3.89. The molecule has 138 valence electrons. The number of anilines is 1. The molecule has 0 aliphatic carbocycles. The minimum absolute atomic E-state index is 0.220. The van der Waals surface area contributed by atoms with Gasteiger partial charge < -0.3 is 10.4 Å². The number of carbonyl (C=O) groups is 1. The first-order chi connectivity index (χ1) is 12.9. The lowest BCUT2D eigenvalue weighted by Gasteiger charge is -2.14. The Morgan fingerprint density at radius 1 is 1.22 bits per heavy atom. The number of rotatable bonds is 4. The van der Waals surface area contributed by atoms with Gasteiger partial charge in [-0.1, -0.05) is 41.1 Å². The van der Waals surface area contributed by atoms with Crippen LogP contribution in [0.5, 0.6) is 5.75 Å². The number of aromatic hydroxyl groups is 1. The number of amides is 1. The molecule has 0 aliphatic heterocycles. The zero-order valence-electron chi connectivity index (χ0n) is 14.9. The number of aryl methyl sites for hydroxylation is 2. The third-order valence-corrected chi connectivity index (χ3v) is 4.71. The van der Waals surface area contributed by atoms with Crippen LogP contribution < -0.4 is 10.9 Å². The van der Waals surface area contributed by atoms with Crippen molar-refractivity contribution in [3.63, 3.8) is 0 Å². The number of hydrogen-bond donors (Lipinski definition) is 2. The number of nitrogens with one attached hydrogen (secondary N) is 1. The van der Waals surface area contributed by atoms with Gasteiger partial charge in [-0.3, -0.25) is 9.59 Å². The fourth-order valence-corrected chi connectivity index (χ4v) is 3.02. The average Bonchev–Trinajstić information content (AvgIpc) is 2.64. The molecule has 7 heteroatoms.